The summed E-state index contributed by atoms with van der Waals surface area (Å²) in [5.41, 5.74) is 1.65. The van der Waals surface area contributed by atoms with Crippen LogP contribution in [0.2, 0.25) is 0 Å². The molecular formula is C20H20Cl2NO2P. The summed E-state index contributed by atoms with van der Waals surface area (Å²) in [5, 5.41) is 0.906. The van der Waals surface area contributed by atoms with E-state index in [1.165, 1.54) is 0 Å². The number of halogens is 2. The molecule has 2 aromatic carbocycles. The molecule has 1 aliphatic heterocycles. The zero-order valence-corrected chi connectivity index (χ0v) is 16.6. The Morgan fingerprint density at radius 2 is 1.27 bits per heavy atom. The lowest BCUT2D eigenvalue weighted by molar-refractivity contribution is 0.0731. The standard InChI is InChI=1S/C20H20Cl2NO2P/c21-19(17-7-3-1-4-8-17)15-26(24,23-11-13-25-14-12-23)16-20(22)18-9-5-2-6-10-18/h1-10,15-16H,11-14H2/b19-15-,20-16+. The van der Waals surface area contributed by atoms with Gasteiger partial charge in [0.25, 0.3) is 0 Å². The lowest BCUT2D eigenvalue weighted by atomic mass is 10.2. The van der Waals surface area contributed by atoms with E-state index in [9.17, 15) is 4.57 Å². The molecule has 1 fully saturated rings. The van der Waals surface area contributed by atoms with E-state index in [0.29, 0.717) is 36.4 Å². The maximum absolute atomic E-state index is 13.9. The number of benzene rings is 2. The zero-order chi connectivity index (χ0) is 18.4. The Morgan fingerprint density at radius 3 is 1.69 bits per heavy atom. The van der Waals surface area contributed by atoms with Gasteiger partial charge in [-0.05, 0) is 11.1 Å². The summed E-state index contributed by atoms with van der Waals surface area (Å²) in [7, 11) is -3.07. The average molecular weight is 408 g/mol. The summed E-state index contributed by atoms with van der Waals surface area (Å²) < 4.78 is 21.2. The number of hydrogen-bond acceptors (Lipinski definition) is 2. The molecule has 0 bridgehead atoms. The highest BCUT2D eigenvalue weighted by Crippen LogP contribution is 2.57. The predicted molar refractivity (Wildman–Crippen MR) is 111 cm³/mol. The van der Waals surface area contributed by atoms with Crippen LogP contribution in [0.15, 0.2) is 72.3 Å². The van der Waals surface area contributed by atoms with Crippen LogP contribution in [0.1, 0.15) is 11.1 Å². The Kier molecular flexibility index (Phi) is 6.74. The summed E-state index contributed by atoms with van der Waals surface area (Å²) in [6, 6.07) is 19.0. The minimum absolute atomic E-state index is 0.453. The molecule has 6 heteroatoms. The zero-order valence-electron chi connectivity index (χ0n) is 14.2. The molecule has 2 aromatic rings. The van der Waals surface area contributed by atoms with Crippen molar-refractivity contribution in [2.75, 3.05) is 26.3 Å². The van der Waals surface area contributed by atoms with Crippen molar-refractivity contribution in [2.24, 2.45) is 0 Å². The quantitative estimate of drug-likeness (QED) is 0.563. The van der Waals surface area contributed by atoms with Crippen LogP contribution in [0, 0.1) is 0 Å². The van der Waals surface area contributed by atoms with Crippen LogP contribution in [-0.4, -0.2) is 31.0 Å². The summed E-state index contributed by atoms with van der Waals surface area (Å²) in [5.74, 6) is 3.28. The van der Waals surface area contributed by atoms with Crippen molar-refractivity contribution in [3.63, 3.8) is 0 Å². The third kappa shape index (κ3) is 4.88. The van der Waals surface area contributed by atoms with Crippen molar-refractivity contribution in [1.29, 1.82) is 0 Å². The molecule has 26 heavy (non-hydrogen) atoms. The van der Waals surface area contributed by atoms with E-state index in [-0.39, 0.29) is 0 Å². The van der Waals surface area contributed by atoms with Crippen LogP contribution in [0.5, 0.6) is 0 Å². The van der Waals surface area contributed by atoms with E-state index in [2.05, 4.69) is 0 Å². The largest absolute Gasteiger partial charge is 0.379 e. The van der Waals surface area contributed by atoms with Gasteiger partial charge in [0.15, 0.2) is 7.29 Å². The Labute approximate surface area is 164 Å². The fraction of sp³-hybridized carbons (Fsp3) is 0.200. The van der Waals surface area contributed by atoms with E-state index in [0.717, 1.165) is 11.1 Å². The molecule has 0 N–H and O–H groups in total. The van der Waals surface area contributed by atoms with Crippen LogP contribution in [-0.2, 0) is 9.30 Å². The Bertz CT molecular complexity index is 772. The monoisotopic (exact) mass is 407 g/mol. The minimum Gasteiger partial charge on any atom is -0.379 e. The first kappa shape index (κ1) is 19.4. The summed E-state index contributed by atoms with van der Waals surface area (Å²) in [4.78, 5) is 0. The Balaban J connectivity index is 2.01. The van der Waals surface area contributed by atoms with E-state index in [4.69, 9.17) is 27.9 Å². The van der Waals surface area contributed by atoms with Crippen LogP contribution in [0.4, 0.5) is 0 Å². The van der Waals surface area contributed by atoms with Gasteiger partial charge < -0.3 is 4.74 Å². The highest BCUT2D eigenvalue weighted by Gasteiger charge is 2.29. The van der Waals surface area contributed by atoms with Crippen molar-refractivity contribution in [3.05, 3.63) is 83.4 Å². The molecule has 1 unspecified atom stereocenters. The van der Waals surface area contributed by atoms with Crippen LogP contribution >= 0.6 is 30.5 Å². The third-order valence-corrected chi connectivity index (χ3v) is 7.62. The second kappa shape index (κ2) is 9.03. The van der Waals surface area contributed by atoms with Gasteiger partial charge in [0.1, 0.15) is 0 Å². The van der Waals surface area contributed by atoms with Gasteiger partial charge in [-0.15, -0.1) is 0 Å². The van der Waals surface area contributed by atoms with Crippen LogP contribution in [0.3, 0.4) is 0 Å². The van der Waals surface area contributed by atoms with E-state index >= 15 is 0 Å². The molecule has 3 nitrogen and oxygen atoms in total. The van der Waals surface area contributed by atoms with E-state index in [1.54, 1.807) is 11.6 Å². The van der Waals surface area contributed by atoms with Gasteiger partial charge in [-0.3, -0.25) is 4.57 Å². The molecular weight excluding hydrogens is 388 g/mol. The molecule has 0 saturated carbocycles. The normalized spacial score (nSPS) is 19.2. The number of morpholine rings is 1. The van der Waals surface area contributed by atoms with E-state index in [1.807, 2.05) is 65.3 Å². The fourth-order valence-electron chi connectivity index (χ4n) is 2.74. The molecule has 0 amide bonds. The first-order chi connectivity index (χ1) is 12.6. The van der Waals surface area contributed by atoms with Gasteiger partial charge in [0.2, 0.25) is 0 Å². The molecule has 3 rings (SSSR count). The maximum atomic E-state index is 13.9. The molecule has 136 valence electrons. The molecule has 0 aliphatic carbocycles. The minimum atomic E-state index is -3.07. The van der Waals surface area contributed by atoms with Gasteiger partial charge in [-0.25, -0.2) is 4.67 Å². The van der Waals surface area contributed by atoms with Crippen molar-refractivity contribution >= 4 is 40.6 Å². The molecule has 1 aliphatic rings. The van der Waals surface area contributed by atoms with Gasteiger partial charge >= 0.3 is 0 Å². The predicted octanol–water partition coefficient (Wildman–Crippen LogP) is 6.07. The Morgan fingerprint density at radius 1 is 0.846 bits per heavy atom. The summed E-state index contributed by atoms with van der Waals surface area (Å²) in [6.07, 6.45) is 0. The van der Waals surface area contributed by atoms with Crippen LogP contribution < -0.4 is 0 Å². The summed E-state index contributed by atoms with van der Waals surface area (Å²) >= 11 is 13.0. The smallest absolute Gasteiger partial charge is 0.196 e. The fourth-order valence-corrected chi connectivity index (χ4v) is 5.96. The lowest BCUT2D eigenvalue weighted by Gasteiger charge is -2.31. The second-order valence-corrected chi connectivity index (χ2v) is 9.17. The molecule has 1 heterocycles. The second-order valence-electron chi connectivity index (χ2n) is 5.92. The summed E-state index contributed by atoms with van der Waals surface area (Å²) in [6.45, 7) is 2.22. The third-order valence-electron chi connectivity index (χ3n) is 4.13. The van der Waals surface area contributed by atoms with Crippen molar-refractivity contribution < 1.29 is 9.30 Å². The molecule has 0 radical (unpaired) electrons. The molecule has 0 aromatic heterocycles. The van der Waals surface area contributed by atoms with Gasteiger partial charge in [-0.1, -0.05) is 83.9 Å². The first-order valence-electron chi connectivity index (χ1n) is 8.39. The highest BCUT2D eigenvalue weighted by atomic mass is 35.5. The van der Waals surface area contributed by atoms with Crippen molar-refractivity contribution in [3.8, 4) is 0 Å². The van der Waals surface area contributed by atoms with Crippen molar-refractivity contribution in [2.45, 2.75) is 0 Å². The number of hydrogen-bond donors (Lipinski definition) is 0. The number of rotatable bonds is 5. The van der Waals surface area contributed by atoms with Gasteiger partial charge in [-0.2, -0.15) is 0 Å². The van der Waals surface area contributed by atoms with Crippen LogP contribution in [0.25, 0.3) is 10.1 Å². The number of nitrogens with zero attached hydrogens (tertiary/aromatic N) is 1. The number of ether oxygens (including phenoxy) is 1. The SMILES string of the molecule is O=P(/C=C(\Cl)c1ccccc1)(/C=C(/Cl)c1ccccc1)N1CCOCC1. The topological polar surface area (TPSA) is 29.5 Å². The highest BCUT2D eigenvalue weighted by molar-refractivity contribution is 7.68. The van der Waals surface area contributed by atoms with Gasteiger partial charge in [0.05, 0.1) is 23.3 Å². The molecule has 1 atom stereocenters. The van der Waals surface area contributed by atoms with Gasteiger partial charge in [0, 0.05) is 24.7 Å². The Hall–Kier alpha value is -1.35. The molecule has 1 saturated heterocycles. The molecule has 0 spiro atoms. The van der Waals surface area contributed by atoms with E-state index < -0.39 is 7.29 Å². The average Bonchev–Trinajstić information content (AvgIpc) is 2.70. The first-order valence-corrected chi connectivity index (χ1v) is 10.9. The lowest BCUT2D eigenvalue weighted by Crippen LogP contribution is -2.33. The van der Waals surface area contributed by atoms with Crippen molar-refractivity contribution in [1.82, 2.24) is 4.67 Å². The maximum Gasteiger partial charge on any atom is 0.196 e.